The topological polar surface area (TPSA) is 129 Å². The minimum absolute atomic E-state index is 0.00658. The number of ether oxygens (including phenoxy) is 1. The molecule has 0 bridgehead atoms. The van der Waals surface area contributed by atoms with Gasteiger partial charge in [0, 0.05) is 24.3 Å². The fourth-order valence-corrected chi connectivity index (χ4v) is 6.21. The molecule has 0 radical (unpaired) electrons. The van der Waals surface area contributed by atoms with Crippen LogP contribution in [-0.4, -0.2) is 74.8 Å². The van der Waals surface area contributed by atoms with Gasteiger partial charge in [-0.05, 0) is 51.2 Å². The average molecular weight is 564 g/mol. The number of hydrogen-bond donors (Lipinski definition) is 3. The maximum atomic E-state index is 13.3. The van der Waals surface area contributed by atoms with E-state index in [2.05, 4.69) is 10.3 Å². The Kier molecular flexibility index (Phi) is 10.3. The van der Waals surface area contributed by atoms with E-state index >= 15 is 0 Å². The third kappa shape index (κ3) is 7.46. The first-order chi connectivity index (χ1) is 18.3. The molecular weight excluding hydrogens is 518 g/mol. The number of thiazole rings is 1. The van der Waals surface area contributed by atoms with Crippen molar-refractivity contribution in [2.75, 3.05) is 6.54 Å². The number of urea groups is 1. The molecule has 0 aliphatic carbocycles. The molecule has 7 atom stereocenters. The van der Waals surface area contributed by atoms with Crippen LogP contribution in [0.5, 0.6) is 0 Å². The predicted molar refractivity (Wildman–Crippen MR) is 151 cm³/mol. The molecule has 2 aliphatic rings. The second kappa shape index (κ2) is 12.9. The molecule has 9 nitrogen and oxygen atoms in total. The van der Waals surface area contributed by atoms with Crippen molar-refractivity contribution in [3.05, 3.63) is 21.7 Å². The van der Waals surface area contributed by atoms with E-state index in [-0.39, 0.29) is 36.2 Å². The van der Waals surface area contributed by atoms with Crippen molar-refractivity contribution in [1.29, 1.82) is 0 Å². The predicted octanol–water partition coefficient (Wildman–Crippen LogP) is 4.10. The van der Waals surface area contributed by atoms with Crippen LogP contribution in [0, 0.1) is 24.2 Å². The van der Waals surface area contributed by atoms with Crippen molar-refractivity contribution >= 4 is 35.2 Å². The standard InChI is InChI=1S/C29H45N3O6S/c1-8-30-28(37)32-21-11-9-10-16(2)26(35)18(4)27(36)29(6,7)24(33)14-25(34)38-23(13-22(21)32)17(3)12-20-15-39-19(5)31-20/h12,15-16,18,21-24,26,33,35H,8-11,13-14H2,1-7H3,(H,30,37). The number of nitrogens with zero attached hydrogens (tertiary/aromatic N) is 2. The van der Waals surface area contributed by atoms with Crippen molar-refractivity contribution in [1.82, 2.24) is 15.2 Å². The summed E-state index contributed by atoms with van der Waals surface area (Å²) >= 11 is 1.53. The largest absolute Gasteiger partial charge is 0.458 e. The summed E-state index contributed by atoms with van der Waals surface area (Å²) in [6, 6.07) is -0.255. The minimum Gasteiger partial charge on any atom is -0.458 e. The van der Waals surface area contributed by atoms with Gasteiger partial charge >= 0.3 is 12.0 Å². The van der Waals surface area contributed by atoms with E-state index in [1.54, 1.807) is 20.8 Å². The molecule has 2 amide bonds. The number of cyclic esters (lactones) is 1. The molecule has 7 unspecified atom stereocenters. The summed E-state index contributed by atoms with van der Waals surface area (Å²) in [4.78, 5) is 45.6. The lowest BCUT2D eigenvalue weighted by molar-refractivity contribution is -0.154. The van der Waals surface area contributed by atoms with Gasteiger partial charge < -0.3 is 25.2 Å². The molecule has 3 N–H and O–H groups in total. The number of hydrogen-bond acceptors (Lipinski definition) is 8. The molecule has 0 saturated carbocycles. The Hall–Kier alpha value is -2.30. The number of aliphatic hydroxyl groups excluding tert-OH is 2. The van der Waals surface area contributed by atoms with Crippen LogP contribution in [0.15, 0.2) is 11.0 Å². The summed E-state index contributed by atoms with van der Waals surface area (Å²) in [7, 11) is 0. The molecule has 2 fully saturated rings. The van der Waals surface area contributed by atoms with Crippen LogP contribution in [0.2, 0.25) is 0 Å². The van der Waals surface area contributed by atoms with E-state index in [0.29, 0.717) is 19.4 Å². The van der Waals surface area contributed by atoms with Gasteiger partial charge in [-0.1, -0.05) is 34.1 Å². The van der Waals surface area contributed by atoms with Gasteiger partial charge in [0.1, 0.15) is 11.9 Å². The maximum absolute atomic E-state index is 13.3. The highest BCUT2D eigenvalue weighted by molar-refractivity contribution is 7.09. The van der Waals surface area contributed by atoms with Crippen LogP contribution in [0.4, 0.5) is 4.79 Å². The monoisotopic (exact) mass is 563 g/mol. The molecule has 3 heterocycles. The maximum Gasteiger partial charge on any atom is 0.318 e. The molecule has 1 aromatic heterocycles. The first-order valence-electron chi connectivity index (χ1n) is 14.0. The van der Waals surface area contributed by atoms with Crippen LogP contribution in [-0.2, 0) is 14.3 Å². The zero-order chi connectivity index (χ0) is 29.1. The van der Waals surface area contributed by atoms with Gasteiger partial charge in [-0.15, -0.1) is 11.3 Å². The molecule has 2 saturated heterocycles. The molecule has 218 valence electrons. The fraction of sp³-hybridized carbons (Fsp3) is 0.724. The highest BCUT2D eigenvalue weighted by atomic mass is 32.1. The first kappa shape index (κ1) is 31.2. The van der Waals surface area contributed by atoms with Gasteiger partial charge in [-0.3, -0.25) is 9.59 Å². The van der Waals surface area contributed by atoms with E-state index in [9.17, 15) is 24.6 Å². The fourth-order valence-electron chi connectivity index (χ4n) is 5.64. The van der Waals surface area contributed by atoms with Gasteiger partial charge in [0.15, 0.2) is 0 Å². The Morgan fingerprint density at radius 2 is 1.95 bits per heavy atom. The second-order valence-corrected chi connectivity index (χ2v) is 12.8. The van der Waals surface area contributed by atoms with Crippen molar-refractivity contribution in [2.45, 2.75) is 111 Å². The summed E-state index contributed by atoms with van der Waals surface area (Å²) < 4.78 is 5.93. The van der Waals surface area contributed by atoms with Crippen molar-refractivity contribution in [3.63, 3.8) is 0 Å². The average Bonchev–Trinajstić information content (AvgIpc) is 3.39. The van der Waals surface area contributed by atoms with Gasteiger partial charge in [0.05, 0.1) is 46.8 Å². The SMILES string of the molecule is CCNC(=O)N1C2CCCC(C)C(O)C(C)C(=O)C(C)(C)C(O)CC(=O)OC(C(C)=Cc3csc(C)n3)CC21. The number of esters is 1. The van der Waals surface area contributed by atoms with E-state index in [1.807, 2.05) is 44.1 Å². The highest BCUT2D eigenvalue weighted by Gasteiger charge is 2.51. The molecule has 3 rings (SSSR count). The van der Waals surface area contributed by atoms with E-state index < -0.39 is 35.6 Å². The van der Waals surface area contributed by atoms with E-state index in [4.69, 9.17) is 4.74 Å². The number of nitrogens with one attached hydrogen (secondary N) is 1. The quantitative estimate of drug-likeness (QED) is 0.373. The number of amides is 2. The third-order valence-corrected chi connectivity index (χ3v) is 9.17. The number of Topliss-reactive ketones (excluding diaryl/α,β-unsaturated/α-hetero) is 1. The Labute approximate surface area is 236 Å². The van der Waals surface area contributed by atoms with Crippen LogP contribution >= 0.6 is 11.3 Å². The van der Waals surface area contributed by atoms with Gasteiger partial charge in [-0.25, -0.2) is 9.78 Å². The lowest BCUT2D eigenvalue weighted by Gasteiger charge is -2.34. The molecular formula is C29H45N3O6S. The Balaban J connectivity index is 1.92. The van der Waals surface area contributed by atoms with Gasteiger partial charge in [0.25, 0.3) is 0 Å². The summed E-state index contributed by atoms with van der Waals surface area (Å²) in [6.07, 6.45) is 1.42. The summed E-state index contributed by atoms with van der Waals surface area (Å²) in [5, 5.41) is 27.6. The van der Waals surface area contributed by atoms with Crippen molar-refractivity contribution < 1.29 is 29.3 Å². The van der Waals surface area contributed by atoms with Crippen LogP contribution in [0.1, 0.15) is 84.3 Å². The molecule has 10 heteroatoms. The number of rotatable bonds is 3. The summed E-state index contributed by atoms with van der Waals surface area (Å²) in [5.41, 5.74) is 0.330. The third-order valence-electron chi connectivity index (χ3n) is 8.38. The number of aromatic nitrogens is 1. The lowest BCUT2D eigenvalue weighted by atomic mass is 9.73. The van der Waals surface area contributed by atoms with E-state index in [1.165, 1.54) is 11.3 Å². The molecule has 1 aromatic rings. The smallest absolute Gasteiger partial charge is 0.318 e. The number of carbonyl (C=O) groups excluding carboxylic acids is 3. The molecule has 2 aliphatic heterocycles. The lowest BCUT2D eigenvalue weighted by Crippen LogP contribution is -2.45. The van der Waals surface area contributed by atoms with Gasteiger partial charge in [0.2, 0.25) is 0 Å². The Bertz CT molecular complexity index is 1070. The summed E-state index contributed by atoms with van der Waals surface area (Å²) in [5.74, 6) is -1.74. The minimum atomic E-state index is -1.28. The highest BCUT2D eigenvalue weighted by Crippen LogP contribution is 2.39. The normalized spacial score (nSPS) is 32.8. The van der Waals surface area contributed by atoms with Crippen molar-refractivity contribution in [3.8, 4) is 0 Å². The van der Waals surface area contributed by atoms with Crippen LogP contribution in [0.3, 0.4) is 0 Å². The van der Waals surface area contributed by atoms with Crippen LogP contribution in [0.25, 0.3) is 6.08 Å². The zero-order valence-electron chi connectivity index (χ0n) is 24.3. The Morgan fingerprint density at radius 1 is 1.26 bits per heavy atom. The second-order valence-electron chi connectivity index (χ2n) is 11.8. The Morgan fingerprint density at radius 3 is 2.56 bits per heavy atom. The molecule has 0 aromatic carbocycles. The first-order valence-corrected chi connectivity index (χ1v) is 14.9. The van der Waals surface area contributed by atoms with Crippen molar-refractivity contribution in [2.24, 2.45) is 17.3 Å². The zero-order valence-corrected chi connectivity index (χ0v) is 25.1. The number of aryl methyl sites for hydroxylation is 1. The number of ketones is 1. The number of fused-ring (bicyclic) bond motifs is 1. The van der Waals surface area contributed by atoms with E-state index in [0.717, 1.165) is 29.1 Å². The van der Waals surface area contributed by atoms with Crippen LogP contribution < -0.4 is 5.32 Å². The van der Waals surface area contributed by atoms with Gasteiger partial charge in [-0.2, -0.15) is 0 Å². The molecule has 39 heavy (non-hydrogen) atoms. The summed E-state index contributed by atoms with van der Waals surface area (Å²) in [6.45, 7) is 13.0. The number of aliphatic hydroxyl groups is 2. The molecule has 0 spiro atoms. The number of carbonyl (C=O) groups is 3.